The third-order valence-corrected chi connectivity index (χ3v) is 4.33. The molecule has 0 saturated carbocycles. The van der Waals surface area contributed by atoms with Crippen LogP contribution in [0.2, 0.25) is 0 Å². The molecule has 3 aromatic rings. The first-order chi connectivity index (χ1) is 12.0. The van der Waals surface area contributed by atoms with Crippen LogP contribution in [0.25, 0.3) is 11.4 Å². The van der Waals surface area contributed by atoms with Crippen LogP contribution in [0.5, 0.6) is 0 Å². The van der Waals surface area contributed by atoms with Crippen molar-refractivity contribution in [3.05, 3.63) is 54.4 Å². The van der Waals surface area contributed by atoms with E-state index in [1.54, 1.807) is 24.0 Å². The zero-order valence-corrected chi connectivity index (χ0v) is 13.9. The van der Waals surface area contributed by atoms with Crippen LogP contribution in [-0.4, -0.2) is 31.4 Å². The Morgan fingerprint density at radius 2 is 1.96 bits per heavy atom. The maximum atomic E-state index is 13.5. The molecule has 0 aliphatic heterocycles. The standard InChI is InChI=1S/C16H13F2N5OS/c1-23-15(10-4-6-19-7-5-10)21-22-16(23)25-9-14(24)20-13-3-2-11(17)8-12(13)18/h2-8H,9H2,1H3,(H,20,24). The van der Waals surface area contributed by atoms with Crippen LogP contribution in [-0.2, 0) is 11.8 Å². The number of carbonyl (C=O) groups is 1. The lowest BCUT2D eigenvalue weighted by atomic mass is 10.2. The van der Waals surface area contributed by atoms with Crippen molar-refractivity contribution in [3.63, 3.8) is 0 Å². The molecule has 9 heteroatoms. The second-order valence-corrected chi connectivity index (χ2v) is 6.00. The van der Waals surface area contributed by atoms with E-state index in [0.717, 1.165) is 23.4 Å². The Hall–Kier alpha value is -2.81. The van der Waals surface area contributed by atoms with E-state index in [4.69, 9.17) is 0 Å². The van der Waals surface area contributed by atoms with Crippen molar-refractivity contribution < 1.29 is 13.6 Å². The molecule has 0 aliphatic carbocycles. The van der Waals surface area contributed by atoms with Crippen LogP contribution in [0, 0.1) is 11.6 Å². The molecule has 0 aliphatic rings. The number of rotatable bonds is 5. The fourth-order valence-corrected chi connectivity index (χ4v) is 2.81. The summed E-state index contributed by atoms with van der Waals surface area (Å²) in [5.74, 6) is -1.29. The highest BCUT2D eigenvalue weighted by atomic mass is 32.2. The number of pyridine rings is 1. The lowest BCUT2D eigenvalue weighted by Crippen LogP contribution is -2.15. The first-order valence-corrected chi connectivity index (χ1v) is 8.20. The highest BCUT2D eigenvalue weighted by Gasteiger charge is 2.14. The second kappa shape index (κ2) is 7.39. The number of anilines is 1. The van der Waals surface area contributed by atoms with E-state index in [-0.39, 0.29) is 11.4 Å². The van der Waals surface area contributed by atoms with E-state index in [2.05, 4.69) is 20.5 Å². The molecule has 6 nitrogen and oxygen atoms in total. The summed E-state index contributed by atoms with van der Waals surface area (Å²) >= 11 is 1.16. The number of carbonyl (C=O) groups excluding carboxylic acids is 1. The van der Waals surface area contributed by atoms with Gasteiger partial charge in [0.05, 0.1) is 11.4 Å². The highest BCUT2D eigenvalue weighted by Crippen LogP contribution is 2.22. The Morgan fingerprint density at radius 3 is 2.68 bits per heavy atom. The summed E-state index contributed by atoms with van der Waals surface area (Å²) in [5.41, 5.74) is 0.789. The van der Waals surface area contributed by atoms with Crippen molar-refractivity contribution in [3.8, 4) is 11.4 Å². The molecular formula is C16H13F2N5OS. The minimum atomic E-state index is -0.822. The average molecular weight is 361 g/mol. The van der Waals surface area contributed by atoms with Gasteiger partial charge in [-0.25, -0.2) is 8.78 Å². The van der Waals surface area contributed by atoms with Gasteiger partial charge in [-0.05, 0) is 24.3 Å². The Morgan fingerprint density at radius 1 is 1.20 bits per heavy atom. The molecule has 1 N–H and O–H groups in total. The first-order valence-electron chi connectivity index (χ1n) is 7.22. The minimum absolute atomic E-state index is 0.0130. The molecule has 0 saturated heterocycles. The van der Waals surface area contributed by atoms with E-state index >= 15 is 0 Å². The summed E-state index contributed by atoms with van der Waals surface area (Å²) in [7, 11) is 1.79. The number of hydrogen-bond acceptors (Lipinski definition) is 5. The molecule has 0 fully saturated rings. The zero-order chi connectivity index (χ0) is 17.8. The van der Waals surface area contributed by atoms with Gasteiger partial charge in [0.2, 0.25) is 5.91 Å². The van der Waals surface area contributed by atoms with Gasteiger partial charge < -0.3 is 9.88 Å². The Labute approximate surface area is 146 Å². The lowest BCUT2D eigenvalue weighted by molar-refractivity contribution is -0.113. The highest BCUT2D eigenvalue weighted by molar-refractivity contribution is 7.99. The molecule has 3 rings (SSSR count). The van der Waals surface area contributed by atoms with Gasteiger partial charge in [-0.15, -0.1) is 10.2 Å². The molecule has 1 aromatic carbocycles. The van der Waals surface area contributed by atoms with Gasteiger partial charge in [0.15, 0.2) is 11.0 Å². The Bertz CT molecular complexity index is 901. The monoisotopic (exact) mass is 361 g/mol. The Balaban J connectivity index is 1.64. The fraction of sp³-hybridized carbons (Fsp3) is 0.125. The molecule has 0 atom stereocenters. The van der Waals surface area contributed by atoms with Crippen molar-refractivity contribution in [1.29, 1.82) is 0 Å². The van der Waals surface area contributed by atoms with Gasteiger partial charge in [-0.1, -0.05) is 11.8 Å². The second-order valence-electron chi connectivity index (χ2n) is 5.06. The predicted octanol–water partition coefficient (Wildman–Crippen LogP) is 2.89. The van der Waals surface area contributed by atoms with Crippen LogP contribution in [0.4, 0.5) is 14.5 Å². The van der Waals surface area contributed by atoms with Crippen molar-refractivity contribution in [2.75, 3.05) is 11.1 Å². The molecule has 2 heterocycles. The van der Waals surface area contributed by atoms with Crippen molar-refractivity contribution in [2.45, 2.75) is 5.16 Å². The molecule has 2 aromatic heterocycles. The van der Waals surface area contributed by atoms with Crippen molar-refractivity contribution >= 4 is 23.4 Å². The minimum Gasteiger partial charge on any atom is -0.323 e. The molecule has 128 valence electrons. The van der Waals surface area contributed by atoms with Crippen LogP contribution >= 0.6 is 11.8 Å². The molecule has 0 radical (unpaired) electrons. The molecule has 25 heavy (non-hydrogen) atoms. The van der Waals surface area contributed by atoms with E-state index < -0.39 is 17.5 Å². The van der Waals surface area contributed by atoms with Crippen molar-refractivity contribution in [1.82, 2.24) is 19.7 Å². The largest absolute Gasteiger partial charge is 0.323 e. The third-order valence-electron chi connectivity index (χ3n) is 3.31. The lowest BCUT2D eigenvalue weighted by Gasteiger charge is -2.06. The maximum Gasteiger partial charge on any atom is 0.234 e. The normalized spacial score (nSPS) is 10.7. The van der Waals surface area contributed by atoms with Crippen LogP contribution < -0.4 is 5.32 Å². The average Bonchev–Trinajstić information content (AvgIpc) is 2.97. The quantitative estimate of drug-likeness (QED) is 0.708. The number of nitrogens with one attached hydrogen (secondary N) is 1. The number of aromatic nitrogens is 4. The number of amides is 1. The number of halogens is 2. The van der Waals surface area contributed by atoms with Gasteiger partial charge in [0.1, 0.15) is 11.6 Å². The molecule has 0 bridgehead atoms. The van der Waals surface area contributed by atoms with E-state index in [9.17, 15) is 13.6 Å². The summed E-state index contributed by atoms with van der Waals surface area (Å²) in [4.78, 5) is 15.9. The van der Waals surface area contributed by atoms with Gasteiger partial charge in [0.25, 0.3) is 0 Å². The first kappa shape index (κ1) is 17.0. The summed E-state index contributed by atoms with van der Waals surface area (Å²) in [6, 6.07) is 6.59. The maximum absolute atomic E-state index is 13.5. The number of thioether (sulfide) groups is 1. The summed E-state index contributed by atoms with van der Waals surface area (Å²) in [6.45, 7) is 0. The smallest absolute Gasteiger partial charge is 0.234 e. The predicted molar refractivity (Wildman–Crippen MR) is 89.9 cm³/mol. The van der Waals surface area contributed by atoms with Crippen LogP contribution in [0.15, 0.2) is 47.9 Å². The van der Waals surface area contributed by atoms with Gasteiger partial charge in [0, 0.05) is 31.1 Å². The number of nitrogens with zero attached hydrogens (tertiary/aromatic N) is 4. The summed E-state index contributed by atoms with van der Waals surface area (Å²) in [5, 5.41) is 11.1. The van der Waals surface area contributed by atoms with E-state index in [0.29, 0.717) is 17.0 Å². The topological polar surface area (TPSA) is 72.7 Å². The molecule has 0 spiro atoms. The SMILES string of the molecule is Cn1c(SCC(=O)Nc2ccc(F)cc2F)nnc1-c1ccncc1. The van der Waals surface area contributed by atoms with Crippen LogP contribution in [0.3, 0.4) is 0 Å². The zero-order valence-electron chi connectivity index (χ0n) is 13.1. The van der Waals surface area contributed by atoms with Crippen LogP contribution in [0.1, 0.15) is 0 Å². The summed E-state index contributed by atoms with van der Waals surface area (Å²) in [6.07, 6.45) is 3.31. The third kappa shape index (κ3) is 4.00. The van der Waals surface area contributed by atoms with Gasteiger partial charge in [-0.2, -0.15) is 0 Å². The Kier molecular flexibility index (Phi) is 5.03. The molecule has 0 unspecified atom stereocenters. The molecule has 1 amide bonds. The van der Waals surface area contributed by atoms with Gasteiger partial charge >= 0.3 is 0 Å². The number of benzene rings is 1. The van der Waals surface area contributed by atoms with E-state index in [1.807, 2.05) is 12.1 Å². The van der Waals surface area contributed by atoms with E-state index in [1.165, 1.54) is 6.07 Å². The molecular weight excluding hydrogens is 348 g/mol. The number of hydrogen-bond donors (Lipinski definition) is 1. The summed E-state index contributed by atoms with van der Waals surface area (Å²) < 4.78 is 28.2. The fourth-order valence-electron chi connectivity index (χ4n) is 2.10. The van der Waals surface area contributed by atoms with Gasteiger partial charge in [-0.3, -0.25) is 9.78 Å². The van der Waals surface area contributed by atoms with Crippen molar-refractivity contribution in [2.24, 2.45) is 7.05 Å².